The average molecular weight is 424 g/mol. The molecule has 31 heavy (non-hydrogen) atoms. The van der Waals surface area contributed by atoms with E-state index in [0.29, 0.717) is 31.7 Å². The van der Waals surface area contributed by atoms with Crippen LogP contribution in [0.15, 0.2) is 77.4 Å². The van der Waals surface area contributed by atoms with Gasteiger partial charge in [0.1, 0.15) is 17.6 Å². The summed E-state index contributed by atoms with van der Waals surface area (Å²) in [5.74, 6) is -0.242. The number of benzene rings is 2. The van der Waals surface area contributed by atoms with Crippen LogP contribution in [0.2, 0.25) is 0 Å². The van der Waals surface area contributed by atoms with Gasteiger partial charge >= 0.3 is 0 Å². The van der Waals surface area contributed by atoms with Gasteiger partial charge in [-0.15, -0.1) is 0 Å². The van der Waals surface area contributed by atoms with E-state index in [2.05, 4.69) is 10.6 Å². The van der Waals surface area contributed by atoms with E-state index in [4.69, 9.17) is 9.15 Å². The molecule has 0 bridgehead atoms. The number of furan rings is 1. The Morgan fingerprint density at radius 2 is 1.74 bits per heavy atom. The number of carbonyl (C=O) groups excluding carboxylic acids is 2. The maximum absolute atomic E-state index is 12.9. The van der Waals surface area contributed by atoms with Crippen molar-refractivity contribution in [3.05, 3.63) is 90.1 Å². The van der Waals surface area contributed by atoms with Gasteiger partial charge in [-0.05, 0) is 54.8 Å². The van der Waals surface area contributed by atoms with Gasteiger partial charge in [0.05, 0.1) is 12.9 Å². The van der Waals surface area contributed by atoms with Gasteiger partial charge in [0.2, 0.25) is 5.91 Å². The number of amides is 2. The second-order valence-electron chi connectivity index (χ2n) is 6.99. The van der Waals surface area contributed by atoms with Crippen molar-refractivity contribution in [2.24, 2.45) is 0 Å². The highest BCUT2D eigenvalue weighted by atomic mass is 19.1. The van der Waals surface area contributed by atoms with Crippen molar-refractivity contribution in [2.75, 3.05) is 13.2 Å². The van der Waals surface area contributed by atoms with Gasteiger partial charge in [0.15, 0.2) is 5.76 Å². The molecule has 2 N–H and O–H groups in total. The summed E-state index contributed by atoms with van der Waals surface area (Å²) < 4.78 is 23.5. The first-order valence-electron chi connectivity index (χ1n) is 10.2. The molecule has 0 saturated heterocycles. The molecule has 2 aromatic carbocycles. The zero-order valence-electron chi connectivity index (χ0n) is 17.1. The first-order valence-corrected chi connectivity index (χ1v) is 10.2. The Bertz CT molecular complexity index is 943. The molecule has 0 aliphatic carbocycles. The largest absolute Gasteiger partial charge is 0.494 e. The molecule has 0 saturated carbocycles. The lowest BCUT2D eigenvalue weighted by Gasteiger charge is -2.18. The Kier molecular flexibility index (Phi) is 8.22. The summed E-state index contributed by atoms with van der Waals surface area (Å²) >= 11 is 0. The first kappa shape index (κ1) is 22.1. The molecule has 0 spiro atoms. The van der Waals surface area contributed by atoms with Crippen LogP contribution in [-0.2, 0) is 11.2 Å². The van der Waals surface area contributed by atoms with Crippen LogP contribution in [-0.4, -0.2) is 31.0 Å². The van der Waals surface area contributed by atoms with E-state index in [1.165, 1.54) is 18.4 Å². The van der Waals surface area contributed by atoms with Crippen LogP contribution in [0.4, 0.5) is 4.39 Å². The summed E-state index contributed by atoms with van der Waals surface area (Å²) in [4.78, 5) is 25.1. The number of unbranched alkanes of at least 4 members (excludes halogenated alkanes) is 1. The summed E-state index contributed by atoms with van der Waals surface area (Å²) in [6.07, 6.45) is 3.21. The highest BCUT2D eigenvalue weighted by Gasteiger charge is 2.22. The fraction of sp³-hybridized carbons (Fsp3) is 0.250. The molecule has 162 valence electrons. The lowest BCUT2D eigenvalue weighted by atomic mass is 10.0. The lowest BCUT2D eigenvalue weighted by molar-refractivity contribution is -0.122. The number of nitrogens with one attached hydrogen (secondary N) is 2. The smallest absolute Gasteiger partial charge is 0.287 e. The topological polar surface area (TPSA) is 80.6 Å². The van der Waals surface area contributed by atoms with Gasteiger partial charge in [-0.25, -0.2) is 4.39 Å². The zero-order valence-corrected chi connectivity index (χ0v) is 17.1. The van der Waals surface area contributed by atoms with Crippen LogP contribution in [0.25, 0.3) is 0 Å². The highest BCUT2D eigenvalue weighted by Crippen LogP contribution is 2.11. The molecule has 0 radical (unpaired) electrons. The quantitative estimate of drug-likeness (QED) is 0.460. The molecule has 7 heteroatoms. The summed E-state index contributed by atoms with van der Waals surface area (Å²) in [6.45, 7) is 0.914. The van der Waals surface area contributed by atoms with Gasteiger partial charge in [-0.2, -0.15) is 0 Å². The van der Waals surface area contributed by atoms with Crippen LogP contribution in [0.3, 0.4) is 0 Å². The SMILES string of the molecule is O=C(NC(Cc1ccccc1)C(=O)NCCCCOc1ccc(F)cc1)c1ccco1. The van der Waals surface area contributed by atoms with E-state index in [-0.39, 0.29) is 17.5 Å². The molecule has 0 aliphatic heterocycles. The van der Waals surface area contributed by atoms with Crippen molar-refractivity contribution in [1.29, 1.82) is 0 Å². The summed E-state index contributed by atoms with van der Waals surface area (Å²) in [7, 11) is 0. The van der Waals surface area contributed by atoms with E-state index in [1.54, 1.807) is 24.3 Å². The van der Waals surface area contributed by atoms with Crippen LogP contribution in [0, 0.1) is 5.82 Å². The molecule has 1 unspecified atom stereocenters. The average Bonchev–Trinajstić information content (AvgIpc) is 3.32. The van der Waals surface area contributed by atoms with Crippen molar-refractivity contribution < 1.29 is 23.1 Å². The highest BCUT2D eigenvalue weighted by molar-refractivity contribution is 5.95. The predicted molar refractivity (Wildman–Crippen MR) is 114 cm³/mol. The predicted octanol–water partition coefficient (Wildman–Crippen LogP) is 3.74. The van der Waals surface area contributed by atoms with E-state index in [1.807, 2.05) is 30.3 Å². The van der Waals surface area contributed by atoms with Gasteiger partial charge in [0, 0.05) is 13.0 Å². The van der Waals surface area contributed by atoms with Gasteiger partial charge in [-0.3, -0.25) is 9.59 Å². The third-order valence-corrected chi connectivity index (χ3v) is 4.60. The second kappa shape index (κ2) is 11.5. The van der Waals surface area contributed by atoms with Crippen LogP contribution < -0.4 is 15.4 Å². The fourth-order valence-electron chi connectivity index (χ4n) is 2.98. The molecule has 0 fully saturated rings. The van der Waals surface area contributed by atoms with E-state index >= 15 is 0 Å². The zero-order chi connectivity index (χ0) is 21.9. The molecular weight excluding hydrogens is 399 g/mol. The Labute approximate surface area is 180 Å². The third-order valence-electron chi connectivity index (χ3n) is 4.60. The van der Waals surface area contributed by atoms with Crippen molar-refractivity contribution in [2.45, 2.75) is 25.3 Å². The van der Waals surface area contributed by atoms with Crippen LogP contribution in [0.5, 0.6) is 5.75 Å². The summed E-state index contributed by atoms with van der Waals surface area (Å²) in [5, 5.41) is 5.62. The molecule has 6 nitrogen and oxygen atoms in total. The van der Waals surface area contributed by atoms with Gasteiger partial charge < -0.3 is 19.8 Å². The monoisotopic (exact) mass is 424 g/mol. The number of ether oxygens (including phenoxy) is 1. The Hall–Kier alpha value is -3.61. The number of carbonyl (C=O) groups is 2. The van der Waals surface area contributed by atoms with Crippen molar-refractivity contribution in [1.82, 2.24) is 10.6 Å². The second-order valence-corrected chi connectivity index (χ2v) is 6.99. The summed E-state index contributed by atoms with van der Waals surface area (Å²) in [6, 6.07) is 17.8. The summed E-state index contributed by atoms with van der Waals surface area (Å²) in [5.41, 5.74) is 0.940. The van der Waals surface area contributed by atoms with Gasteiger partial charge in [-0.1, -0.05) is 30.3 Å². The molecular formula is C24H25FN2O4. The van der Waals surface area contributed by atoms with Crippen molar-refractivity contribution >= 4 is 11.8 Å². The molecule has 2 amide bonds. The standard InChI is InChI=1S/C24H25FN2O4/c25-19-10-12-20(13-11-19)30-15-5-4-14-26-23(28)21(17-18-7-2-1-3-8-18)27-24(29)22-9-6-16-31-22/h1-3,6-13,16,21H,4-5,14-15,17H2,(H,26,28)(H,27,29). The maximum Gasteiger partial charge on any atom is 0.287 e. The molecule has 1 atom stereocenters. The number of halogens is 1. The van der Waals surface area contributed by atoms with Crippen molar-refractivity contribution in [3.63, 3.8) is 0 Å². The van der Waals surface area contributed by atoms with Crippen LogP contribution in [0.1, 0.15) is 29.0 Å². The lowest BCUT2D eigenvalue weighted by Crippen LogP contribution is -2.48. The minimum absolute atomic E-state index is 0.156. The third kappa shape index (κ3) is 7.29. The molecule has 3 rings (SSSR count). The van der Waals surface area contributed by atoms with Crippen LogP contribution >= 0.6 is 0 Å². The molecule has 0 aliphatic rings. The maximum atomic E-state index is 12.9. The Morgan fingerprint density at radius 1 is 0.968 bits per heavy atom. The van der Waals surface area contributed by atoms with E-state index in [9.17, 15) is 14.0 Å². The normalized spacial score (nSPS) is 11.5. The van der Waals surface area contributed by atoms with Crippen molar-refractivity contribution in [3.8, 4) is 5.75 Å². The Balaban J connectivity index is 1.45. The minimum Gasteiger partial charge on any atom is -0.494 e. The molecule has 1 aromatic heterocycles. The number of hydrogen-bond acceptors (Lipinski definition) is 4. The Morgan fingerprint density at radius 3 is 2.45 bits per heavy atom. The number of rotatable bonds is 11. The minimum atomic E-state index is -0.726. The molecule has 3 aromatic rings. The fourth-order valence-corrected chi connectivity index (χ4v) is 2.98. The molecule has 1 heterocycles. The van der Waals surface area contributed by atoms with E-state index < -0.39 is 11.9 Å². The van der Waals surface area contributed by atoms with Gasteiger partial charge in [0.25, 0.3) is 5.91 Å². The van der Waals surface area contributed by atoms with E-state index in [0.717, 1.165) is 12.0 Å². The first-order chi connectivity index (χ1) is 15.1. The number of hydrogen-bond donors (Lipinski definition) is 2.